The molecule has 0 atom stereocenters. The first kappa shape index (κ1) is 14.9. The van der Waals surface area contributed by atoms with Crippen molar-refractivity contribution in [1.82, 2.24) is 9.88 Å². The molecule has 22 heavy (non-hydrogen) atoms. The molecule has 1 fully saturated rings. The van der Waals surface area contributed by atoms with Crippen molar-refractivity contribution in [2.45, 2.75) is 25.4 Å². The highest BCUT2D eigenvalue weighted by molar-refractivity contribution is 5.48. The molecule has 0 radical (unpaired) electrons. The summed E-state index contributed by atoms with van der Waals surface area (Å²) in [5, 5.41) is 3.62. The quantitative estimate of drug-likeness (QED) is 0.920. The number of anilines is 1. The lowest BCUT2D eigenvalue weighted by atomic mass is 10.0. The average molecular weight is 297 g/mol. The lowest BCUT2D eigenvalue weighted by molar-refractivity contribution is 0.211. The number of pyridine rings is 1. The summed E-state index contributed by atoms with van der Waals surface area (Å²) < 4.78 is 5.27. The molecule has 4 heteroatoms. The van der Waals surface area contributed by atoms with E-state index in [0.717, 1.165) is 31.1 Å². The maximum absolute atomic E-state index is 5.27. The number of hydrogen-bond donors (Lipinski definition) is 1. The van der Waals surface area contributed by atoms with Crippen LogP contribution in [0.5, 0.6) is 5.75 Å². The van der Waals surface area contributed by atoms with Gasteiger partial charge in [-0.25, -0.2) is 0 Å². The number of aromatic nitrogens is 1. The van der Waals surface area contributed by atoms with Gasteiger partial charge in [0.15, 0.2) is 0 Å². The van der Waals surface area contributed by atoms with Gasteiger partial charge in [-0.3, -0.25) is 9.88 Å². The topological polar surface area (TPSA) is 37.4 Å². The van der Waals surface area contributed by atoms with Crippen LogP contribution in [-0.4, -0.2) is 36.1 Å². The number of benzene rings is 1. The summed E-state index contributed by atoms with van der Waals surface area (Å²) in [6, 6.07) is 12.9. The number of piperidine rings is 1. The molecule has 4 nitrogen and oxygen atoms in total. The van der Waals surface area contributed by atoms with E-state index in [9.17, 15) is 0 Å². The zero-order chi connectivity index (χ0) is 15.2. The Morgan fingerprint density at radius 1 is 1.18 bits per heavy atom. The van der Waals surface area contributed by atoms with Gasteiger partial charge in [-0.2, -0.15) is 0 Å². The van der Waals surface area contributed by atoms with E-state index in [0.29, 0.717) is 6.04 Å². The van der Waals surface area contributed by atoms with Crippen LogP contribution in [0.1, 0.15) is 18.4 Å². The summed E-state index contributed by atoms with van der Waals surface area (Å²) in [5.41, 5.74) is 2.49. The summed E-state index contributed by atoms with van der Waals surface area (Å²) >= 11 is 0. The Balaban J connectivity index is 1.49. The lowest BCUT2D eigenvalue weighted by Gasteiger charge is -2.32. The summed E-state index contributed by atoms with van der Waals surface area (Å²) in [5.74, 6) is 0.903. The Morgan fingerprint density at radius 3 is 2.68 bits per heavy atom. The normalized spacial score (nSPS) is 16.4. The highest BCUT2D eigenvalue weighted by Gasteiger charge is 2.19. The van der Waals surface area contributed by atoms with Crippen LogP contribution < -0.4 is 10.1 Å². The Hall–Kier alpha value is -2.07. The largest absolute Gasteiger partial charge is 0.497 e. The van der Waals surface area contributed by atoms with E-state index in [1.807, 2.05) is 24.5 Å². The summed E-state index contributed by atoms with van der Waals surface area (Å²) in [7, 11) is 1.71. The Labute approximate surface area is 132 Å². The Kier molecular flexibility index (Phi) is 4.91. The fraction of sp³-hybridized carbons (Fsp3) is 0.389. The Bertz CT molecular complexity index is 580. The maximum atomic E-state index is 5.27. The molecular formula is C18H23N3O. The predicted octanol–water partition coefficient (Wildman–Crippen LogP) is 3.17. The molecule has 1 aromatic heterocycles. The molecule has 116 valence electrons. The molecule has 0 spiro atoms. The monoisotopic (exact) mass is 297 g/mol. The van der Waals surface area contributed by atoms with E-state index < -0.39 is 0 Å². The Morgan fingerprint density at radius 2 is 1.95 bits per heavy atom. The molecule has 1 aliphatic heterocycles. The van der Waals surface area contributed by atoms with Crippen molar-refractivity contribution in [3.05, 3.63) is 54.4 Å². The second-order valence-electron chi connectivity index (χ2n) is 5.78. The van der Waals surface area contributed by atoms with Crippen LogP contribution in [0.2, 0.25) is 0 Å². The van der Waals surface area contributed by atoms with Gasteiger partial charge in [0, 0.05) is 49.8 Å². The number of rotatable bonds is 5. The van der Waals surface area contributed by atoms with Crippen LogP contribution >= 0.6 is 0 Å². The van der Waals surface area contributed by atoms with Crippen LogP contribution in [0, 0.1) is 0 Å². The van der Waals surface area contributed by atoms with E-state index in [1.54, 1.807) is 7.11 Å². The van der Waals surface area contributed by atoms with Gasteiger partial charge in [-0.1, -0.05) is 6.07 Å². The van der Waals surface area contributed by atoms with Crippen LogP contribution in [0.3, 0.4) is 0 Å². The van der Waals surface area contributed by atoms with Crippen LogP contribution in [-0.2, 0) is 6.54 Å². The van der Waals surface area contributed by atoms with Gasteiger partial charge in [-0.15, -0.1) is 0 Å². The van der Waals surface area contributed by atoms with E-state index in [4.69, 9.17) is 4.74 Å². The van der Waals surface area contributed by atoms with Gasteiger partial charge in [-0.05, 0) is 42.7 Å². The number of likely N-dealkylation sites (tertiary alicyclic amines) is 1. The molecule has 1 aliphatic rings. The van der Waals surface area contributed by atoms with Crippen molar-refractivity contribution in [3.8, 4) is 5.75 Å². The fourth-order valence-electron chi connectivity index (χ4n) is 2.93. The number of nitrogens with zero attached hydrogens (tertiary/aromatic N) is 2. The van der Waals surface area contributed by atoms with Crippen molar-refractivity contribution >= 4 is 5.69 Å². The van der Waals surface area contributed by atoms with Crippen molar-refractivity contribution in [3.63, 3.8) is 0 Å². The van der Waals surface area contributed by atoms with Gasteiger partial charge in [0.05, 0.1) is 7.11 Å². The number of hydrogen-bond acceptors (Lipinski definition) is 4. The van der Waals surface area contributed by atoms with Gasteiger partial charge in [0.1, 0.15) is 5.75 Å². The van der Waals surface area contributed by atoms with Crippen LogP contribution in [0.25, 0.3) is 0 Å². The minimum absolute atomic E-state index is 0.542. The SMILES string of the molecule is COc1cccc(NC2CCN(Cc3ccncc3)CC2)c1. The summed E-state index contributed by atoms with van der Waals surface area (Å²) in [6.45, 7) is 3.28. The van der Waals surface area contributed by atoms with Crippen molar-refractivity contribution < 1.29 is 4.74 Å². The van der Waals surface area contributed by atoms with Crippen molar-refractivity contribution in [2.24, 2.45) is 0 Å². The minimum atomic E-state index is 0.542. The molecule has 3 rings (SSSR count). The smallest absolute Gasteiger partial charge is 0.120 e. The second kappa shape index (κ2) is 7.27. The third-order valence-corrected chi connectivity index (χ3v) is 4.18. The highest BCUT2D eigenvalue weighted by atomic mass is 16.5. The van der Waals surface area contributed by atoms with Gasteiger partial charge in [0.25, 0.3) is 0 Å². The summed E-state index contributed by atoms with van der Waals surface area (Å²) in [4.78, 5) is 6.59. The van der Waals surface area contributed by atoms with Crippen LogP contribution in [0.4, 0.5) is 5.69 Å². The molecule has 2 heterocycles. The maximum Gasteiger partial charge on any atom is 0.120 e. The number of methoxy groups -OCH3 is 1. The fourth-order valence-corrected chi connectivity index (χ4v) is 2.93. The van der Waals surface area contributed by atoms with Crippen molar-refractivity contribution in [2.75, 3.05) is 25.5 Å². The van der Waals surface area contributed by atoms with Crippen LogP contribution in [0.15, 0.2) is 48.8 Å². The average Bonchev–Trinajstić information content (AvgIpc) is 2.58. The van der Waals surface area contributed by atoms with E-state index in [2.05, 4.69) is 39.5 Å². The molecule has 0 saturated carbocycles. The molecule has 0 bridgehead atoms. The van der Waals surface area contributed by atoms with E-state index in [-0.39, 0.29) is 0 Å². The molecule has 1 aromatic carbocycles. The zero-order valence-corrected chi connectivity index (χ0v) is 13.0. The molecule has 1 saturated heterocycles. The number of ether oxygens (including phenoxy) is 1. The second-order valence-corrected chi connectivity index (χ2v) is 5.78. The first-order chi connectivity index (χ1) is 10.8. The molecule has 0 aliphatic carbocycles. The van der Waals surface area contributed by atoms with E-state index in [1.165, 1.54) is 18.4 Å². The summed E-state index contributed by atoms with van der Waals surface area (Å²) in [6.07, 6.45) is 6.07. The molecular weight excluding hydrogens is 274 g/mol. The molecule has 1 N–H and O–H groups in total. The third kappa shape index (κ3) is 3.98. The highest BCUT2D eigenvalue weighted by Crippen LogP contribution is 2.21. The lowest BCUT2D eigenvalue weighted by Crippen LogP contribution is -2.38. The molecule has 0 amide bonds. The molecule has 0 unspecified atom stereocenters. The van der Waals surface area contributed by atoms with Gasteiger partial charge in [0.2, 0.25) is 0 Å². The predicted molar refractivity (Wildman–Crippen MR) is 89.2 cm³/mol. The molecule has 2 aromatic rings. The first-order valence-corrected chi connectivity index (χ1v) is 7.85. The standard InChI is InChI=1S/C18H23N3O/c1-22-18-4-2-3-17(13-18)20-16-7-11-21(12-8-16)14-15-5-9-19-10-6-15/h2-6,9-10,13,16,20H,7-8,11-12,14H2,1H3. The third-order valence-electron chi connectivity index (χ3n) is 4.18. The van der Waals surface area contributed by atoms with Gasteiger partial charge < -0.3 is 10.1 Å². The van der Waals surface area contributed by atoms with Crippen molar-refractivity contribution in [1.29, 1.82) is 0 Å². The van der Waals surface area contributed by atoms with E-state index >= 15 is 0 Å². The number of nitrogens with one attached hydrogen (secondary N) is 1. The van der Waals surface area contributed by atoms with Gasteiger partial charge >= 0.3 is 0 Å². The first-order valence-electron chi connectivity index (χ1n) is 7.85. The zero-order valence-electron chi connectivity index (χ0n) is 13.0. The minimum Gasteiger partial charge on any atom is -0.497 e.